The maximum Gasteiger partial charge on any atom is 0.249 e. The van der Waals surface area contributed by atoms with Crippen LogP contribution < -0.4 is 16.0 Å². The van der Waals surface area contributed by atoms with E-state index < -0.39 is 17.7 Å². The van der Waals surface area contributed by atoms with E-state index in [1.54, 1.807) is 0 Å². The Balaban J connectivity index is 3.24. The molecule has 0 aliphatic heterocycles. The van der Waals surface area contributed by atoms with Gasteiger partial charge in [0.05, 0.1) is 0 Å². The number of hydrogen-bond acceptors (Lipinski definition) is 6. The van der Waals surface area contributed by atoms with Gasteiger partial charge in [0.2, 0.25) is 17.7 Å². The van der Waals surface area contributed by atoms with E-state index in [9.17, 15) is 14.4 Å². The summed E-state index contributed by atoms with van der Waals surface area (Å²) in [5.41, 5.74) is -0.0414. The van der Waals surface area contributed by atoms with Gasteiger partial charge in [0.15, 0.2) is 11.6 Å². The SMILES string of the molecule is C=CC(=O)Nc1nnnc(NC(=O)C=C)c1NC(=O)C=C. The summed E-state index contributed by atoms with van der Waals surface area (Å²) in [5.74, 6) is -1.96. The molecule has 1 rings (SSSR count). The molecular weight excluding hydrogens is 276 g/mol. The Bertz CT molecular complexity index is 585. The highest BCUT2D eigenvalue weighted by Gasteiger charge is 2.17. The number of anilines is 3. The van der Waals surface area contributed by atoms with Gasteiger partial charge < -0.3 is 16.0 Å². The minimum Gasteiger partial charge on any atom is -0.316 e. The second-order valence-electron chi connectivity index (χ2n) is 3.44. The number of nitrogens with one attached hydrogen (secondary N) is 3. The van der Waals surface area contributed by atoms with Gasteiger partial charge in [-0.3, -0.25) is 14.4 Å². The molecule has 0 bridgehead atoms. The zero-order chi connectivity index (χ0) is 15.8. The van der Waals surface area contributed by atoms with E-state index in [-0.39, 0.29) is 17.3 Å². The summed E-state index contributed by atoms with van der Waals surface area (Å²) >= 11 is 0. The Hall–Kier alpha value is -3.36. The summed E-state index contributed by atoms with van der Waals surface area (Å²) in [6.07, 6.45) is 3.01. The smallest absolute Gasteiger partial charge is 0.249 e. The number of rotatable bonds is 6. The molecule has 0 saturated carbocycles. The van der Waals surface area contributed by atoms with E-state index in [4.69, 9.17) is 0 Å². The van der Waals surface area contributed by atoms with Crippen LogP contribution in [0.1, 0.15) is 0 Å². The Kier molecular flexibility index (Phi) is 5.44. The quantitative estimate of drug-likeness (QED) is 0.644. The van der Waals surface area contributed by atoms with Gasteiger partial charge in [-0.25, -0.2) is 0 Å². The van der Waals surface area contributed by atoms with Crippen LogP contribution in [-0.2, 0) is 14.4 Å². The largest absolute Gasteiger partial charge is 0.316 e. The lowest BCUT2D eigenvalue weighted by Crippen LogP contribution is -2.19. The van der Waals surface area contributed by atoms with E-state index in [1.807, 2.05) is 0 Å². The Morgan fingerprint density at radius 2 is 1.14 bits per heavy atom. The first-order valence-corrected chi connectivity index (χ1v) is 5.55. The van der Waals surface area contributed by atoms with Crippen molar-refractivity contribution in [2.24, 2.45) is 0 Å². The van der Waals surface area contributed by atoms with Crippen LogP contribution in [0.5, 0.6) is 0 Å². The molecule has 0 aliphatic carbocycles. The monoisotopic (exact) mass is 288 g/mol. The molecule has 9 heteroatoms. The van der Waals surface area contributed by atoms with Gasteiger partial charge in [0.25, 0.3) is 0 Å². The third-order valence-corrected chi connectivity index (χ3v) is 2.05. The first-order valence-electron chi connectivity index (χ1n) is 5.55. The number of nitrogens with zero attached hydrogens (tertiary/aromatic N) is 3. The normalized spacial score (nSPS) is 9.14. The van der Waals surface area contributed by atoms with Crippen molar-refractivity contribution in [2.75, 3.05) is 16.0 Å². The van der Waals surface area contributed by atoms with E-state index in [0.29, 0.717) is 0 Å². The van der Waals surface area contributed by atoms with Crippen LogP contribution in [-0.4, -0.2) is 33.1 Å². The topological polar surface area (TPSA) is 126 Å². The Morgan fingerprint density at radius 3 is 1.52 bits per heavy atom. The summed E-state index contributed by atoms with van der Waals surface area (Å²) in [6, 6.07) is 0. The summed E-state index contributed by atoms with van der Waals surface area (Å²) in [6.45, 7) is 9.87. The minimum absolute atomic E-state index is 0.0414. The molecule has 1 aromatic heterocycles. The van der Waals surface area contributed by atoms with Crippen molar-refractivity contribution in [3.63, 3.8) is 0 Å². The Labute approximate surface area is 119 Å². The van der Waals surface area contributed by atoms with Crippen LogP contribution in [0.2, 0.25) is 0 Å². The van der Waals surface area contributed by atoms with Crippen LogP contribution in [0.4, 0.5) is 17.3 Å². The molecule has 1 heterocycles. The molecule has 0 atom stereocenters. The molecule has 3 N–H and O–H groups in total. The van der Waals surface area contributed by atoms with E-state index in [2.05, 4.69) is 51.1 Å². The second kappa shape index (κ2) is 7.28. The van der Waals surface area contributed by atoms with Crippen LogP contribution in [0.3, 0.4) is 0 Å². The van der Waals surface area contributed by atoms with Gasteiger partial charge in [0.1, 0.15) is 5.69 Å². The standard InChI is InChI=1S/C12H12N6O3/c1-4-7(19)13-10-11(14-8(20)5-2)16-18-17-12(10)15-9(21)6-3/h4-6H,1-3H2,(H,13,18,19)(H2,14,15,16,17,20,21). The number of aromatic nitrogens is 3. The fraction of sp³-hybridized carbons (Fsp3) is 0. The average molecular weight is 288 g/mol. The molecule has 0 unspecified atom stereocenters. The molecule has 3 amide bonds. The van der Waals surface area contributed by atoms with Gasteiger partial charge in [-0.2, -0.15) is 0 Å². The third-order valence-electron chi connectivity index (χ3n) is 2.05. The summed E-state index contributed by atoms with van der Waals surface area (Å²) in [5, 5.41) is 17.6. The highest BCUT2D eigenvalue weighted by Crippen LogP contribution is 2.25. The van der Waals surface area contributed by atoms with Crippen molar-refractivity contribution >= 4 is 35.0 Å². The van der Waals surface area contributed by atoms with Gasteiger partial charge >= 0.3 is 0 Å². The number of amides is 3. The third kappa shape index (κ3) is 4.35. The van der Waals surface area contributed by atoms with E-state index in [0.717, 1.165) is 18.2 Å². The van der Waals surface area contributed by atoms with Crippen molar-refractivity contribution < 1.29 is 14.4 Å². The van der Waals surface area contributed by atoms with Gasteiger partial charge in [0, 0.05) is 0 Å². The van der Waals surface area contributed by atoms with Crippen molar-refractivity contribution in [1.82, 2.24) is 15.4 Å². The van der Waals surface area contributed by atoms with Gasteiger partial charge in [-0.05, 0) is 23.4 Å². The fourth-order valence-corrected chi connectivity index (χ4v) is 1.13. The molecule has 1 aromatic rings. The number of carbonyl (C=O) groups excluding carboxylic acids is 3. The predicted molar refractivity (Wildman–Crippen MR) is 76.3 cm³/mol. The summed E-state index contributed by atoms with van der Waals surface area (Å²) < 4.78 is 0. The van der Waals surface area contributed by atoms with Gasteiger partial charge in [-0.1, -0.05) is 19.7 Å². The highest BCUT2D eigenvalue weighted by molar-refractivity contribution is 6.09. The molecule has 9 nitrogen and oxygen atoms in total. The lowest BCUT2D eigenvalue weighted by molar-refractivity contribution is -0.113. The van der Waals surface area contributed by atoms with E-state index >= 15 is 0 Å². The van der Waals surface area contributed by atoms with Crippen molar-refractivity contribution in [2.45, 2.75) is 0 Å². The zero-order valence-corrected chi connectivity index (χ0v) is 10.9. The second-order valence-corrected chi connectivity index (χ2v) is 3.44. The molecule has 0 fully saturated rings. The van der Waals surface area contributed by atoms with Crippen LogP contribution in [0.25, 0.3) is 0 Å². The fourth-order valence-electron chi connectivity index (χ4n) is 1.13. The average Bonchev–Trinajstić information content (AvgIpc) is 2.49. The molecular formula is C12H12N6O3. The molecule has 0 radical (unpaired) electrons. The maximum atomic E-state index is 11.4. The van der Waals surface area contributed by atoms with Crippen LogP contribution in [0.15, 0.2) is 38.0 Å². The lowest BCUT2D eigenvalue weighted by Gasteiger charge is -2.12. The Morgan fingerprint density at radius 1 is 0.762 bits per heavy atom. The van der Waals surface area contributed by atoms with Crippen LogP contribution >= 0.6 is 0 Å². The summed E-state index contributed by atoms with van der Waals surface area (Å²) in [4.78, 5) is 34.1. The minimum atomic E-state index is -0.590. The van der Waals surface area contributed by atoms with E-state index in [1.165, 1.54) is 0 Å². The van der Waals surface area contributed by atoms with Gasteiger partial charge in [-0.15, -0.1) is 10.2 Å². The number of hydrogen-bond donors (Lipinski definition) is 3. The lowest BCUT2D eigenvalue weighted by atomic mass is 10.3. The van der Waals surface area contributed by atoms with Crippen molar-refractivity contribution in [3.8, 4) is 0 Å². The molecule has 0 aliphatic rings. The first kappa shape index (κ1) is 15.7. The molecule has 0 saturated heterocycles. The van der Waals surface area contributed by atoms with Crippen molar-refractivity contribution in [3.05, 3.63) is 38.0 Å². The molecule has 108 valence electrons. The highest BCUT2D eigenvalue weighted by atomic mass is 16.2. The van der Waals surface area contributed by atoms with Crippen LogP contribution in [0, 0.1) is 0 Å². The number of carbonyl (C=O) groups is 3. The summed E-state index contributed by atoms with van der Waals surface area (Å²) in [7, 11) is 0. The zero-order valence-electron chi connectivity index (χ0n) is 10.9. The van der Waals surface area contributed by atoms with Crippen molar-refractivity contribution in [1.29, 1.82) is 0 Å². The molecule has 21 heavy (non-hydrogen) atoms. The molecule has 0 aromatic carbocycles. The molecule has 0 spiro atoms. The predicted octanol–water partition coefficient (Wildman–Crippen LogP) is 0.245. The maximum absolute atomic E-state index is 11.4. The first-order chi connectivity index (χ1) is 10.0.